The maximum atomic E-state index is 13.0. The number of hydrogen-bond donors (Lipinski definition) is 1. The van der Waals surface area contributed by atoms with E-state index >= 15 is 0 Å². The van der Waals surface area contributed by atoms with Crippen molar-refractivity contribution in [2.75, 3.05) is 12.3 Å². The van der Waals surface area contributed by atoms with E-state index in [1.54, 1.807) is 19.9 Å². The first-order valence-corrected chi connectivity index (χ1v) is 7.69. The maximum Gasteiger partial charge on any atom is 0.260 e. The summed E-state index contributed by atoms with van der Waals surface area (Å²) in [7, 11) is 0. The summed E-state index contributed by atoms with van der Waals surface area (Å²) in [6, 6.07) is 1.72. The predicted octanol–water partition coefficient (Wildman–Crippen LogP) is 2.12. The van der Waals surface area contributed by atoms with E-state index < -0.39 is 5.54 Å². The Bertz CT molecular complexity index is 730. The fourth-order valence-electron chi connectivity index (χ4n) is 3.28. The maximum absolute atomic E-state index is 13.0. The highest BCUT2D eigenvalue weighted by Gasteiger charge is 2.45. The summed E-state index contributed by atoms with van der Waals surface area (Å²) in [6.45, 7) is 8.04. The fourth-order valence-corrected chi connectivity index (χ4v) is 3.28. The number of likely N-dealkylation sites (tertiary alicyclic amines) is 1. The van der Waals surface area contributed by atoms with Crippen molar-refractivity contribution in [1.29, 1.82) is 0 Å². The molecule has 23 heavy (non-hydrogen) atoms. The van der Waals surface area contributed by atoms with Crippen LogP contribution >= 0.6 is 0 Å². The van der Waals surface area contributed by atoms with E-state index in [-0.39, 0.29) is 5.91 Å². The Morgan fingerprint density at radius 1 is 1.35 bits per heavy atom. The van der Waals surface area contributed by atoms with Crippen LogP contribution in [-0.2, 0) is 5.54 Å². The third-order valence-corrected chi connectivity index (χ3v) is 4.49. The molecule has 7 nitrogen and oxygen atoms in total. The van der Waals surface area contributed by atoms with Gasteiger partial charge in [0.1, 0.15) is 22.7 Å². The molecule has 1 saturated heterocycles. The van der Waals surface area contributed by atoms with E-state index in [0.29, 0.717) is 35.2 Å². The minimum absolute atomic E-state index is 0.0927. The minimum atomic E-state index is -0.576. The summed E-state index contributed by atoms with van der Waals surface area (Å²) in [5, 5.41) is 3.88. The number of nitrogens with zero attached hydrogens (tertiary/aromatic N) is 4. The molecule has 0 saturated carbocycles. The van der Waals surface area contributed by atoms with Gasteiger partial charge in [0.05, 0.1) is 5.69 Å². The average molecular weight is 315 g/mol. The number of aryl methyl sites for hydroxylation is 3. The third-order valence-electron chi connectivity index (χ3n) is 4.49. The molecule has 3 rings (SSSR count). The molecule has 1 atom stereocenters. The molecule has 1 fully saturated rings. The van der Waals surface area contributed by atoms with Crippen molar-refractivity contribution >= 4 is 11.7 Å². The van der Waals surface area contributed by atoms with Crippen LogP contribution in [0.4, 0.5) is 5.82 Å². The van der Waals surface area contributed by atoms with E-state index in [9.17, 15) is 4.79 Å². The molecule has 0 unspecified atom stereocenters. The second-order valence-electron chi connectivity index (χ2n) is 6.29. The number of amides is 1. The number of anilines is 1. The summed E-state index contributed by atoms with van der Waals surface area (Å²) >= 11 is 0. The number of hydrogen-bond acceptors (Lipinski definition) is 6. The average Bonchev–Trinajstić information content (AvgIpc) is 3.02. The first-order chi connectivity index (χ1) is 10.8. The fraction of sp³-hybridized carbons (Fsp3) is 0.500. The van der Waals surface area contributed by atoms with E-state index in [0.717, 1.165) is 18.5 Å². The molecule has 0 aliphatic carbocycles. The molecular formula is C16H21N5O2. The van der Waals surface area contributed by atoms with E-state index in [4.69, 9.17) is 10.3 Å². The third kappa shape index (κ3) is 2.46. The van der Waals surface area contributed by atoms with Gasteiger partial charge in [0.15, 0.2) is 5.82 Å². The summed E-state index contributed by atoms with van der Waals surface area (Å²) in [4.78, 5) is 23.8. The molecule has 0 bridgehead atoms. The number of aromatic nitrogens is 3. The van der Waals surface area contributed by atoms with Gasteiger partial charge in [0, 0.05) is 18.3 Å². The van der Waals surface area contributed by atoms with Crippen molar-refractivity contribution in [3.05, 3.63) is 34.6 Å². The van der Waals surface area contributed by atoms with Crippen molar-refractivity contribution in [2.45, 2.75) is 46.1 Å². The van der Waals surface area contributed by atoms with Gasteiger partial charge in [-0.05, 0) is 40.5 Å². The molecular weight excluding hydrogens is 294 g/mol. The number of carbonyl (C=O) groups excluding carboxylic acids is 1. The molecule has 3 heterocycles. The first kappa shape index (κ1) is 15.5. The van der Waals surface area contributed by atoms with Gasteiger partial charge in [-0.1, -0.05) is 5.16 Å². The van der Waals surface area contributed by atoms with Crippen LogP contribution in [0.3, 0.4) is 0 Å². The summed E-state index contributed by atoms with van der Waals surface area (Å²) in [6.07, 6.45) is 1.69. The van der Waals surface area contributed by atoms with Gasteiger partial charge >= 0.3 is 0 Å². The smallest absolute Gasteiger partial charge is 0.260 e. The molecule has 0 aromatic carbocycles. The van der Waals surface area contributed by atoms with Gasteiger partial charge in [0.2, 0.25) is 0 Å². The lowest BCUT2D eigenvalue weighted by Crippen LogP contribution is -2.44. The Balaban J connectivity index is 2.04. The number of nitrogen functional groups attached to an aromatic ring is 1. The van der Waals surface area contributed by atoms with Crippen molar-refractivity contribution < 1.29 is 9.32 Å². The summed E-state index contributed by atoms with van der Waals surface area (Å²) in [5.74, 6) is 1.45. The predicted molar refractivity (Wildman–Crippen MR) is 84.8 cm³/mol. The van der Waals surface area contributed by atoms with Crippen LogP contribution < -0.4 is 5.73 Å². The molecule has 1 amide bonds. The highest BCUT2D eigenvalue weighted by atomic mass is 16.5. The lowest BCUT2D eigenvalue weighted by molar-refractivity contribution is 0.0601. The first-order valence-electron chi connectivity index (χ1n) is 7.69. The zero-order valence-electron chi connectivity index (χ0n) is 13.9. The Morgan fingerprint density at radius 3 is 2.70 bits per heavy atom. The molecule has 0 spiro atoms. The van der Waals surface area contributed by atoms with Gasteiger partial charge in [-0.15, -0.1) is 0 Å². The lowest BCUT2D eigenvalue weighted by Gasteiger charge is -2.34. The number of carbonyl (C=O) groups is 1. The van der Waals surface area contributed by atoms with E-state index in [1.807, 2.05) is 18.7 Å². The monoisotopic (exact) mass is 315 g/mol. The Kier molecular flexibility index (Phi) is 3.58. The number of rotatable bonds is 2. The van der Waals surface area contributed by atoms with Crippen molar-refractivity contribution in [1.82, 2.24) is 20.0 Å². The largest absolute Gasteiger partial charge is 0.384 e. The van der Waals surface area contributed by atoms with Crippen LogP contribution in [0.25, 0.3) is 0 Å². The zero-order chi connectivity index (χ0) is 16.8. The van der Waals surface area contributed by atoms with Gasteiger partial charge in [-0.2, -0.15) is 0 Å². The quantitative estimate of drug-likeness (QED) is 0.911. The Morgan fingerprint density at radius 2 is 2.09 bits per heavy atom. The van der Waals surface area contributed by atoms with Crippen LogP contribution in [0.1, 0.15) is 53.1 Å². The van der Waals surface area contributed by atoms with Gasteiger partial charge in [0.25, 0.3) is 5.91 Å². The molecule has 0 radical (unpaired) electrons. The Hall–Kier alpha value is -2.44. The van der Waals surface area contributed by atoms with E-state index in [2.05, 4.69) is 15.1 Å². The van der Waals surface area contributed by atoms with Gasteiger partial charge in [-0.3, -0.25) is 4.79 Å². The highest BCUT2D eigenvalue weighted by Crippen LogP contribution is 2.38. The molecule has 1 aliphatic heterocycles. The topological polar surface area (TPSA) is 98.1 Å². The molecule has 2 aromatic rings. The molecule has 2 N–H and O–H groups in total. The van der Waals surface area contributed by atoms with Crippen LogP contribution in [-0.4, -0.2) is 32.5 Å². The summed E-state index contributed by atoms with van der Waals surface area (Å²) in [5.41, 5.74) is 7.22. The van der Waals surface area contributed by atoms with Crippen molar-refractivity contribution in [2.24, 2.45) is 0 Å². The zero-order valence-corrected chi connectivity index (χ0v) is 13.9. The molecule has 7 heteroatoms. The van der Waals surface area contributed by atoms with Crippen LogP contribution in [0.2, 0.25) is 0 Å². The van der Waals surface area contributed by atoms with Crippen molar-refractivity contribution in [3.8, 4) is 0 Å². The van der Waals surface area contributed by atoms with Crippen LogP contribution in [0.5, 0.6) is 0 Å². The summed E-state index contributed by atoms with van der Waals surface area (Å²) < 4.78 is 5.14. The Labute approximate surface area is 134 Å². The number of nitrogens with two attached hydrogens (primary N) is 1. The second-order valence-corrected chi connectivity index (χ2v) is 6.29. The highest BCUT2D eigenvalue weighted by molar-refractivity contribution is 5.96. The second kappa shape index (κ2) is 5.33. The van der Waals surface area contributed by atoms with Crippen LogP contribution in [0, 0.1) is 20.8 Å². The SMILES string of the molecule is Cc1cc(N)nc([C@]2(C)CCCN2C(=O)c2c(C)noc2C)n1. The van der Waals surface area contributed by atoms with Crippen molar-refractivity contribution in [3.63, 3.8) is 0 Å². The molecule has 2 aromatic heterocycles. The molecule has 122 valence electrons. The van der Waals surface area contributed by atoms with Gasteiger partial charge < -0.3 is 15.2 Å². The van der Waals surface area contributed by atoms with E-state index in [1.165, 1.54) is 0 Å². The minimum Gasteiger partial charge on any atom is -0.384 e. The molecule has 1 aliphatic rings. The lowest BCUT2D eigenvalue weighted by atomic mass is 9.96. The normalized spacial score (nSPS) is 21.0. The van der Waals surface area contributed by atoms with Crippen LogP contribution in [0.15, 0.2) is 10.6 Å². The van der Waals surface area contributed by atoms with Gasteiger partial charge in [-0.25, -0.2) is 9.97 Å². The standard InChI is InChI=1S/C16H21N5O2/c1-9-8-12(17)19-15(18-9)16(4)6-5-7-21(16)14(22)13-10(2)20-23-11(13)3/h8H,5-7H2,1-4H3,(H2,17,18,19)/t16-/m0/s1.